The molecule has 0 saturated heterocycles. The monoisotopic (exact) mass is 371 g/mol. The average molecular weight is 371 g/mol. The Balaban J connectivity index is 1.73. The summed E-state index contributed by atoms with van der Waals surface area (Å²) in [6, 6.07) is 15.3. The fraction of sp³-hybridized carbons (Fsp3) is 0.409. The third-order valence-electron chi connectivity index (χ3n) is 4.13. The van der Waals surface area contributed by atoms with E-state index >= 15 is 0 Å². The Kier molecular flexibility index (Phi) is 8.49. The Morgan fingerprint density at radius 1 is 0.963 bits per heavy atom. The molecule has 0 heterocycles. The summed E-state index contributed by atoms with van der Waals surface area (Å²) in [6.45, 7) is 4.92. The third-order valence-corrected chi connectivity index (χ3v) is 4.13. The fourth-order valence-electron chi connectivity index (χ4n) is 2.64. The van der Waals surface area contributed by atoms with Crippen LogP contribution < -0.4 is 19.5 Å². The molecule has 0 aliphatic carbocycles. The maximum Gasteiger partial charge on any atom is 0.261 e. The first-order chi connectivity index (χ1) is 13.2. The molecule has 0 unspecified atom stereocenters. The van der Waals surface area contributed by atoms with E-state index in [9.17, 15) is 4.79 Å². The van der Waals surface area contributed by atoms with E-state index in [2.05, 4.69) is 24.4 Å². The predicted octanol–water partition coefficient (Wildman–Crippen LogP) is 4.00. The number of hydrogen-bond acceptors (Lipinski definition) is 4. The fourth-order valence-corrected chi connectivity index (χ4v) is 2.64. The van der Waals surface area contributed by atoms with Crippen molar-refractivity contribution in [3.05, 3.63) is 54.1 Å². The van der Waals surface area contributed by atoms with Crippen LogP contribution in [0, 0.1) is 0 Å². The van der Waals surface area contributed by atoms with Gasteiger partial charge in [0.1, 0.15) is 23.9 Å². The van der Waals surface area contributed by atoms with Crippen LogP contribution in [0.2, 0.25) is 0 Å². The minimum absolute atomic E-state index is 0.143. The molecule has 0 fully saturated rings. The van der Waals surface area contributed by atoms with E-state index in [1.165, 1.54) is 5.56 Å². The van der Waals surface area contributed by atoms with Crippen LogP contribution in [-0.2, 0) is 11.2 Å². The lowest BCUT2D eigenvalue weighted by molar-refractivity contribution is -0.128. The maximum absolute atomic E-state index is 12.3. The van der Waals surface area contributed by atoms with Gasteiger partial charge in [-0.25, -0.2) is 0 Å². The molecule has 0 radical (unpaired) electrons. The number of ether oxygens (including phenoxy) is 3. The maximum atomic E-state index is 12.3. The summed E-state index contributed by atoms with van der Waals surface area (Å²) < 4.78 is 16.6. The van der Waals surface area contributed by atoms with Crippen LogP contribution >= 0.6 is 0 Å². The van der Waals surface area contributed by atoms with E-state index in [0.29, 0.717) is 25.3 Å². The smallest absolute Gasteiger partial charge is 0.261 e. The van der Waals surface area contributed by atoms with Crippen LogP contribution in [0.25, 0.3) is 0 Å². The first-order valence-electron chi connectivity index (χ1n) is 9.46. The third kappa shape index (κ3) is 6.85. The van der Waals surface area contributed by atoms with E-state index in [4.69, 9.17) is 14.2 Å². The molecule has 146 valence electrons. The summed E-state index contributed by atoms with van der Waals surface area (Å²) in [5, 5.41) is 2.86. The van der Waals surface area contributed by atoms with Crippen molar-refractivity contribution < 1.29 is 19.0 Å². The van der Waals surface area contributed by atoms with E-state index in [0.717, 1.165) is 24.3 Å². The Morgan fingerprint density at radius 3 is 2.19 bits per heavy atom. The van der Waals surface area contributed by atoms with Crippen LogP contribution in [-0.4, -0.2) is 32.3 Å². The molecular weight excluding hydrogens is 342 g/mol. The molecule has 1 atom stereocenters. The van der Waals surface area contributed by atoms with Gasteiger partial charge in [-0.05, 0) is 54.8 Å². The molecule has 5 heteroatoms. The highest BCUT2D eigenvalue weighted by Crippen LogP contribution is 2.19. The summed E-state index contributed by atoms with van der Waals surface area (Å²) in [7, 11) is 1.61. The normalized spacial score (nSPS) is 11.5. The van der Waals surface area contributed by atoms with Gasteiger partial charge in [-0.15, -0.1) is 0 Å². The van der Waals surface area contributed by atoms with Gasteiger partial charge in [-0.3, -0.25) is 4.79 Å². The molecule has 0 saturated carbocycles. The quantitative estimate of drug-likeness (QED) is 0.607. The molecule has 2 rings (SSSR count). The second kappa shape index (κ2) is 11.1. The van der Waals surface area contributed by atoms with E-state index in [1.807, 2.05) is 19.1 Å². The second-order valence-electron chi connectivity index (χ2n) is 6.22. The minimum Gasteiger partial charge on any atom is -0.497 e. The van der Waals surface area contributed by atoms with Crippen LogP contribution in [0.4, 0.5) is 0 Å². The van der Waals surface area contributed by atoms with Gasteiger partial charge in [-0.2, -0.15) is 0 Å². The summed E-state index contributed by atoms with van der Waals surface area (Å²) in [4.78, 5) is 12.3. The largest absolute Gasteiger partial charge is 0.497 e. The highest BCUT2D eigenvalue weighted by atomic mass is 16.5. The molecule has 27 heavy (non-hydrogen) atoms. The molecule has 2 aromatic carbocycles. The lowest BCUT2D eigenvalue weighted by atomic mass is 10.1. The van der Waals surface area contributed by atoms with Crippen molar-refractivity contribution in [1.82, 2.24) is 5.32 Å². The lowest BCUT2D eigenvalue weighted by Gasteiger charge is -2.17. The molecule has 1 amide bonds. The predicted molar refractivity (Wildman–Crippen MR) is 107 cm³/mol. The number of carbonyl (C=O) groups is 1. The molecule has 1 N–H and O–H groups in total. The molecule has 0 aliphatic rings. The van der Waals surface area contributed by atoms with Gasteiger partial charge in [0.15, 0.2) is 6.10 Å². The van der Waals surface area contributed by atoms with Crippen molar-refractivity contribution in [2.45, 2.75) is 39.2 Å². The van der Waals surface area contributed by atoms with Crippen molar-refractivity contribution >= 4 is 5.91 Å². The topological polar surface area (TPSA) is 56.8 Å². The van der Waals surface area contributed by atoms with Gasteiger partial charge in [0, 0.05) is 0 Å². The van der Waals surface area contributed by atoms with E-state index in [1.54, 1.807) is 31.4 Å². The van der Waals surface area contributed by atoms with Gasteiger partial charge in [-0.1, -0.05) is 32.4 Å². The Labute approximate surface area is 161 Å². The first-order valence-corrected chi connectivity index (χ1v) is 9.46. The average Bonchev–Trinajstić information content (AvgIpc) is 2.71. The standard InChI is InChI=1S/C22H29NO4/c1-4-6-17-7-9-19(10-8-17)26-16-15-23-22(24)21(5-2)27-20-13-11-18(25-3)12-14-20/h7-14,21H,4-6,15-16H2,1-3H3,(H,23,24)/t21-/m1/s1. The minimum atomic E-state index is -0.535. The van der Waals surface area contributed by atoms with Gasteiger partial charge in [0.25, 0.3) is 5.91 Å². The van der Waals surface area contributed by atoms with E-state index in [-0.39, 0.29) is 5.91 Å². The Hall–Kier alpha value is -2.69. The first kappa shape index (κ1) is 20.6. The Morgan fingerprint density at radius 2 is 1.59 bits per heavy atom. The molecule has 5 nitrogen and oxygen atoms in total. The zero-order chi connectivity index (χ0) is 19.5. The molecule has 2 aromatic rings. The van der Waals surface area contributed by atoms with Crippen LogP contribution in [0.3, 0.4) is 0 Å². The van der Waals surface area contributed by atoms with Gasteiger partial charge in [0.05, 0.1) is 13.7 Å². The number of rotatable bonds is 11. The molecule has 0 spiro atoms. The molecular formula is C22H29NO4. The number of nitrogens with one attached hydrogen (secondary N) is 1. The van der Waals surface area contributed by atoms with Crippen LogP contribution in [0.1, 0.15) is 32.3 Å². The number of aryl methyl sites for hydroxylation is 1. The molecule has 0 aliphatic heterocycles. The van der Waals surface area contributed by atoms with Crippen molar-refractivity contribution in [3.63, 3.8) is 0 Å². The van der Waals surface area contributed by atoms with Crippen molar-refractivity contribution in [3.8, 4) is 17.2 Å². The second-order valence-corrected chi connectivity index (χ2v) is 6.22. The number of hydrogen-bond donors (Lipinski definition) is 1. The SMILES string of the molecule is CCCc1ccc(OCCNC(=O)[C@@H](CC)Oc2ccc(OC)cc2)cc1. The summed E-state index contributed by atoms with van der Waals surface area (Å²) >= 11 is 0. The van der Waals surface area contributed by atoms with E-state index < -0.39 is 6.10 Å². The number of methoxy groups -OCH3 is 1. The van der Waals surface area contributed by atoms with Crippen molar-refractivity contribution in [2.24, 2.45) is 0 Å². The van der Waals surface area contributed by atoms with Crippen LogP contribution in [0.5, 0.6) is 17.2 Å². The zero-order valence-electron chi connectivity index (χ0n) is 16.4. The zero-order valence-corrected chi connectivity index (χ0v) is 16.4. The number of benzene rings is 2. The van der Waals surface area contributed by atoms with Crippen molar-refractivity contribution in [1.29, 1.82) is 0 Å². The number of carbonyl (C=O) groups excluding carboxylic acids is 1. The lowest BCUT2D eigenvalue weighted by Crippen LogP contribution is -2.39. The van der Waals surface area contributed by atoms with Crippen LogP contribution in [0.15, 0.2) is 48.5 Å². The molecule has 0 aromatic heterocycles. The summed E-state index contributed by atoms with van der Waals surface area (Å²) in [6.07, 6.45) is 2.25. The summed E-state index contributed by atoms with van der Waals surface area (Å²) in [5.74, 6) is 2.06. The highest BCUT2D eigenvalue weighted by molar-refractivity contribution is 5.81. The van der Waals surface area contributed by atoms with Gasteiger partial charge in [0.2, 0.25) is 0 Å². The van der Waals surface area contributed by atoms with Gasteiger partial charge < -0.3 is 19.5 Å². The summed E-state index contributed by atoms with van der Waals surface area (Å²) in [5.41, 5.74) is 1.31. The van der Waals surface area contributed by atoms with Crippen molar-refractivity contribution in [2.75, 3.05) is 20.3 Å². The molecule has 0 bridgehead atoms. The number of amides is 1. The van der Waals surface area contributed by atoms with Gasteiger partial charge >= 0.3 is 0 Å². The highest BCUT2D eigenvalue weighted by Gasteiger charge is 2.17. The Bertz CT molecular complexity index is 682.